The van der Waals surface area contributed by atoms with Gasteiger partial charge in [-0.05, 0) is 43.5 Å². The standard InChI is InChI=1S/C17H20O2/c1-4-15(18)14-9-5-6-10-17(14)19-16-11-7-8-12(2)13(16)3/h5-11,15,18H,4H2,1-3H3/t15-/m1/s1. The molecule has 2 nitrogen and oxygen atoms in total. The fourth-order valence-corrected chi connectivity index (χ4v) is 2.02. The molecule has 2 heteroatoms. The Balaban J connectivity index is 2.36. The van der Waals surface area contributed by atoms with Crippen molar-refractivity contribution in [2.75, 3.05) is 0 Å². The molecular weight excluding hydrogens is 236 g/mol. The summed E-state index contributed by atoms with van der Waals surface area (Å²) in [6, 6.07) is 13.7. The van der Waals surface area contributed by atoms with Gasteiger partial charge in [0.05, 0.1) is 6.10 Å². The molecule has 0 fully saturated rings. The van der Waals surface area contributed by atoms with Gasteiger partial charge in [0, 0.05) is 5.56 Å². The van der Waals surface area contributed by atoms with Crippen molar-refractivity contribution in [1.82, 2.24) is 0 Å². The number of hydrogen-bond donors (Lipinski definition) is 1. The van der Waals surface area contributed by atoms with Gasteiger partial charge in [0.25, 0.3) is 0 Å². The van der Waals surface area contributed by atoms with Gasteiger partial charge >= 0.3 is 0 Å². The van der Waals surface area contributed by atoms with E-state index in [4.69, 9.17) is 4.74 Å². The fourth-order valence-electron chi connectivity index (χ4n) is 2.02. The van der Waals surface area contributed by atoms with Crippen LogP contribution in [0.5, 0.6) is 11.5 Å². The van der Waals surface area contributed by atoms with E-state index in [1.807, 2.05) is 50.2 Å². The van der Waals surface area contributed by atoms with Gasteiger partial charge in [-0.2, -0.15) is 0 Å². The van der Waals surface area contributed by atoms with Gasteiger partial charge in [-0.15, -0.1) is 0 Å². The normalized spacial score (nSPS) is 12.2. The van der Waals surface area contributed by atoms with E-state index < -0.39 is 6.10 Å². The number of hydrogen-bond acceptors (Lipinski definition) is 2. The maximum atomic E-state index is 10.0. The average molecular weight is 256 g/mol. The van der Waals surface area contributed by atoms with E-state index in [9.17, 15) is 5.11 Å². The number of benzene rings is 2. The molecule has 0 aliphatic heterocycles. The van der Waals surface area contributed by atoms with E-state index >= 15 is 0 Å². The molecule has 0 amide bonds. The predicted octanol–water partition coefficient (Wildman–Crippen LogP) is 4.54. The van der Waals surface area contributed by atoms with Crippen LogP contribution >= 0.6 is 0 Å². The molecule has 2 aromatic rings. The lowest BCUT2D eigenvalue weighted by molar-refractivity contribution is 0.170. The monoisotopic (exact) mass is 256 g/mol. The minimum atomic E-state index is -0.485. The van der Waals surface area contributed by atoms with Gasteiger partial charge in [0.1, 0.15) is 11.5 Å². The van der Waals surface area contributed by atoms with E-state index in [0.29, 0.717) is 6.42 Å². The highest BCUT2D eigenvalue weighted by Crippen LogP contribution is 2.32. The second-order valence-electron chi connectivity index (χ2n) is 4.76. The molecule has 100 valence electrons. The van der Waals surface area contributed by atoms with Gasteiger partial charge in [-0.1, -0.05) is 37.3 Å². The molecule has 0 saturated heterocycles. The van der Waals surface area contributed by atoms with E-state index in [2.05, 4.69) is 13.0 Å². The van der Waals surface area contributed by atoms with Crippen molar-refractivity contribution in [2.45, 2.75) is 33.3 Å². The Morgan fingerprint density at radius 1 is 1.00 bits per heavy atom. The van der Waals surface area contributed by atoms with Crippen LogP contribution in [0.3, 0.4) is 0 Å². The molecule has 0 saturated carbocycles. The van der Waals surface area contributed by atoms with Crippen LogP contribution in [0.25, 0.3) is 0 Å². The summed E-state index contributed by atoms with van der Waals surface area (Å²) in [7, 11) is 0. The number of aliphatic hydroxyl groups excluding tert-OH is 1. The first-order chi connectivity index (χ1) is 9.13. The Morgan fingerprint density at radius 3 is 2.42 bits per heavy atom. The van der Waals surface area contributed by atoms with Crippen LogP contribution in [0.2, 0.25) is 0 Å². The summed E-state index contributed by atoms with van der Waals surface area (Å²) in [6.07, 6.45) is 0.189. The summed E-state index contributed by atoms with van der Waals surface area (Å²) in [5.74, 6) is 1.57. The third kappa shape index (κ3) is 2.96. The molecule has 2 rings (SSSR count). The second-order valence-corrected chi connectivity index (χ2v) is 4.76. The first kappa shape index (κ1) is 13.6. The van der Waals surface area contributed by atoms with E-state index in [1.54, 1.807) is 0 Å². The van der Waals surface area contributed by atoms with Crippen molar-refractivity contribution in [1.29, 1.82) is 0 Å². The van der Waals surface area contributed by atoms with Gasteiger partial charge in [-0.25, -0.2) is 0 Å². The van der Waals surface area contributed by atoms with Crippen molar-refractivity contribution < 1.29 is 9.84 Å². The SMILES string of the molecule is CC[C@@H](O)c1ccccc1Oc1cccc(C)c1C. The van der Waals surface area contributed by atoms with Crippen LogP contribution in [0, 0.1) is 13.8 Å². The maximum Gasteiger partial charge on any atom is 0.133 e. The Morgan fingerprint density at radius 2 is 1.68 bits per heavy atom. The van der Waals surface area contributed by atoms with Crippen molar-refractivity contribution in [3.8, 4) is 11.5 Å². The fraction of sp³-hybridized carbons (Fsp3) is 0.294. The molecule has 2 aromatic carbocycles. The smallest absolute Gasteiger partial charge is 0.133 e. The number of rotatable bonds is 4. The van der Waals surface area contributed by atoms with Gasteiger partial charge < -0.3 is 9.84 Å². The number of aryl methyl sites for hydroxylation is 1. The average Bonchev–Trinajstić information content (AvgIpc) is 2.43. The molecule has 0 radical (unpaired) electrons. The molecule has 1 atom stereocenters. The summed E-state index contributed by atoms with van der Waals surface area (Å²) in [5.41, 5.74) is 3.17. The van der Waals surface area contributed by atoms with Crippen LogP contribution in [0.1, 0.15) is 36.1 Å². The molecule has 0 bridgehead atoms. The molecule has 1 N–H and O–H groups in total. The third-order valence-electron chi connectivity index (χ3n) is 3.44. The quantitative estimate of drug-likeness (QED) is 0.870. The topological polar surface area (TPSA) is 29.5 Å². The van der Waals surface area contributed by atoms with Crippen molar-refractivity contribution in [2.24, 2.45) is 0 Å². The van der Waals surface area contributed by atoms with Crippen LogP contribution in [0.4, 0.5) is 0 Å². The van der Waals surface area contributed by atoms with Crippen molar-refractivity contribution in [3.05, 3.63) is 59.2 Å². The third-order valence-corrected chi connectivity index (χ3v) is 3.44. The Labute approximate surface area is 114 Å². The lowest BCUT2D eigenvalue weighted by Crippen LogP contribution is -1.99. The molecule has 0 aliphatic rings. The zero-order valence-corrected chi connectivity index (χ0v) is 11.7. The van der Waals surface area contributed by atoms with Gasteiger partial charge in [0.2, 0.25) is 0 Å². The Kier molecular flexibility index (Phi) is 4.23. The zero-order valence-electron chi connectivity index (χ0n) is 11.7. The van der Waals surface area contributed by atoms with Crippen LogP contribution in [-0.2, 0) is 0 Å². The predicted molar refractivity (Wildman–Crippen MR) is 77.7 cm³/mol. The van der Waals surface area contributed by atoms with Gasteiger partial charge in [0.15, 0.2) is 0 Å². The van der Waals surface area contributed by atoms with Crippen LogP contribution < -0.4 is 4.74 Å². The van der Waals surface area contributed by atoms with E-state index in [-0.39, 0.29) is 0 Å². The summed E-state index contributed by atoms with van der Waals surface area (Å²) >= 11 is 0. The summed E-state index contributed by atoms with van der Waals surface area (Å²) in [4.78, 5) is 0. The molecule has 19 heavy (non-hydrogen) atoms. The zero-order chi connectivity index (χ0) is 13.8. The van der Waals surface area contributed by atoms with Crippen molar-refractivity contribution in [3.63, 3.8) is 0 Å². The lowest BCUT2D eigenvalue weighted by Gasteiger charge is -2.16. The Hall–Kier alpha value is -1.80. The number of aliphatic hydroxyl groups is 1. The summed E-state index contributed by atoms with van der Waals surface area (Å²) in [6.45, 7) is 6.07. The maximum absolute atomic E-state index is 10.0. The highest BCUT2D eigenvalue weighted by atomic mass is 16.5. The van der Waals surface area contributed by atoms with Crippen molar-refractivity contribution >= 4 is 0 Å². The molecule has 0 heterocycles. The first-order valence-electron chi connectivity index (χ1n) is 6.64. The molecule has 0 unspecified atom stereocenters. The van der Waals surface area contributed by atoms with Crippen LogP contribution in [-0.4, -0.2) is 5.11 Å². The molecular formula is C17H20O2. The van der Waals surface area contributed by atoms with E-state index in [0.717, 1.165) is 22.6 Å². The minimum absolute atomic E-state index is 0.485. The second kappa shape index (κ2) is 5.89. The lowest BCUT2D eigenvalue weighted by atomic mass is 10.1. The van der Waals surface area contributed by atoms with Gasteiger partial charge in [-0.3, -0.25) is 0 Å². The number of ether oxygens (including phenoxy) is 1. The highest BCUT2D eigenvalue weighted by Gasteiger charge is 2.12. The first-order valence-corrected chi connectivity index (χ1v) is 6.64. The van der Waals surface area contributed by atoms with Crippen LogP contribution in [0.15, 0.2) is 42.5 Å². The summed E-state index contributed by atoms with van der Waals surface area (Å²) < 4.78 is 5.98. The summed E-state index contributed by atoms with van der Waals surface area (Å²) in [5, 5.41) is 10.0. The van der Waals surface area contributed by atoms with E-state index in [1.165, 1.54) is 5.56 Å². The Bertz CT molecular complexity index is 561. The number of para-hydroxylation sites is 1. The molecule has 0 aliphatic carbocycles. The highest BCUT2D eigenvalue weighted by molar-refractivity contribution is 5.44. The molecule has 0 aromatic heterocycles. The largest absolute Gasteiger partial charge is 0.457 e. The minimum Gasteiger partial charge on any atom is -0.457 e. The molecule has 0 spiro atoms.